The summed E-state index contributed by atoms with van der Waals surface area (Å²) in [6.45, 7) is 0.200. The number of fused-ring (bicyclic) bond motifs is 1. The molecule has 1 N–H and O–H groups in total. The molecule has 0 bridgehead atoms. The predicted octanol–water partition coefficient (Wildman–Crippen LogP) is 4.31. The third-order valence-electron chi connectivity index (χ3n) is 5.76. The molecule has 2 aromatic carbocycles. The lowest BCUT2D eigenvalue weighted by Crippen LogP contribution is -2.57. The van der Waals surface area contributed by atoms with Crippen molar-refractivity contribution in [3.63, 3.8) is 0 Å². The van der Waals surface area contributed by atoms with Crippen LogP contribution in [0.5, 0.6) is 0 Å². The summed E-state index contributed by atoms with van der Waals surface area (Å²) in [5.41, 5.74) is 1.09. The van der Waals surface area contributed by atoms with Crippen molar-refractivity contribution >= 4 is 29.5 Å². The summed E-state index contributed by atoms with van der Waals surface area (Å²) < 4.78 is 20.1. The molecule has 1 aliphatic heterocycles. The molecular weight excluding hydrogens is 419 g/mol. The maximum absolute atomic E-state index is 14.1. The average molecular weight is 443 g/mol. The van der Waals surface area contributed by atoms with Crippen LogP contribution >= 0.6 is 11.6 Å². The molecule has 2 aromatic rings. The number of hydrogen-bond donors (Lipinski definition) is 1. The summed E-state index contributed by atoms with van der Waals surface area (Å²) in [5, 5.41) is 3.42. The van der Waals surface area contributed by atoms with E-state index in [0.717, 1.165) is 31.2 Å². The quantitative estimate of drug-likeness (QED) is 0.702. The van der Waals surface area contributed by atoms with Crippen LogP contribution in [-0.2, 0) is 20.9 Å². The molecule has 4 rings (SSSR count). The Bertz CT molecular complexity index is 1010. The summed E-state index contributed by atoms with van der Waals surface area (Å²) in [7, 11) is 0. The number of halogens is 2. The molecule has 1 saturated heterocycles. The van der Waals surface area contributed by atoms with E-state index in [9.17, 15) is 14.0 Å². The second kappa shape index (κ2) is 9.52. The highest BCUT2D eigenvalue weighted by Gasteiger charge is 2.42. The molecule has 162 valence electrons. The van der Waals surface area contributed by atoms with Gasteiger partial charge < -0.3 is 15.0 Å². The van der Waals surface area contributed by atoms with Crippen LogP contribution in [0.1, 0.15) is 36.8 Å². The van der Waals surface area contributed by atoms with Gasteiger partial charge in [-0.15, -0.1) is 0 Å². The second-order valence-corrected chi connectivity index (χ2v) is 8.25. The Balaban J connectivity index is 1.51. The van der Waals surface area contributed by atoms with Gasteiger partial charge in [-0.2, -0.15) is 0 Å². The molecule has 0 spiro atoms. The van der Waals surface area contributed by atoms with Gasteiger partial charge in [0, 0.05) is 17.1 Å². The van der Waals surface area contributed by atoms with Crippen LogP contribution in [0.15, 0.2) is 54.3 Å². The standard InChI is InChI=1S/C24H24ClFN2O3/c25-18-9-3-1-8-17(18)14-27-23(29)15-28-20-11-5-6-12-21(20)31-22(24(28)30)13-16-7-2-4-10-19(16)26/h1-4,7-10,13,20-21H,5-6,11-12,14-15H2,(H,27,29)/b22-13-. The molecule has 7 heteroatoms. The van der Waals surface area contributed by atoms with E-state index in [1.165, 1.54) is 12.1 Å². The van der Waals surface area contributed by atoms with Crippen molar-refractivity contribution in [1.29, 1.82) is 0 Å². The van der Waals surface area contributed by atoms with Crippen LogP contribution in [0.2, 0.25) is 5.02 Å². The van der Waals surface area contributed by atoms with E-state index in [1.54, 1.807) is 29.2 Å². The Morgan fingerprint density at radius 2 is 1.90 bits per heavy atom. The predicted molar refractivity (Wildman–Crippen MR) is 117 cm³/mol. The number of hydrogen-bond acceptors (Lipinski definition) is 3. The first-order valence-electron chi connectivity index (χ1n) is 10.5. The minimum atomic E-state index is -0.429. The van der Waals surface area contributed by atoms with Crippen molar-refractivity contribution in [1.82, 2.24) is 10.2 Å². The number of ether oxygens (including phenoxy) is 1. The summed E-state index contributed by atoms with van der Waals surface area (Å²) >= 11 is 6.15. The van der Waals surface area contributed by atoms with Gasteiger partial charge >= 0.3 is 0 Å². The van der Waals surface area contributed by atoms with Gasteiger partial charge in [0.25, 0.3) is 5.91 Å². The number of carbonyl (C=O) groups excluding carboxylic acids is 2. The topological polar surface area (TPSA) is 58.6 Å². The Labute approximate surface area is 185 Å². The van der Waals surface area contributed by atoms with Crippen molar-refractivity contribution in [2.45, 2.75) is 44.4 Å². The van der Waals surface area contributed by atoms with E-state index >= 15 is 0 Å². The molecule has 2 amide bonds. The lowest BCUT2D eigenvalue weighted by molar-refractivity contribution is -0.151. The highest BCUT2D eigenvalue weighted by Crippen LogP contribution is 2.33. The minimum absolute atomic E-state index is 0.0761. The van der Waals surface area contributed by atoms with E-state index < -0.39 is 5.82 Å². The van der Waals surface area contributed by atoms with Gasteiger partial charge in [-0.25, -0.2) is 4.39 Å². The van der Waals surface area contributed by atoms with Gasteiger partial charge in [-0.3, -0.25) is 9.59 Å². The van der Waals surface area contributed by atoms with Crippen molar-refractivity contribution < 1.29 is 18.7 Å². The van der Waals surface area contributed by atoms with Crippen LogP contribution in [-0.4, -0.2) is 35.4 Å². The van der Waals surface area contributed by atoms with Gasteiger partial charge in [0.2, 0.25) is 5.91 Å². The van der Waals surface area contributed by atoms with E-state index in [-0.39, 0.29) is 48.4 Å². The molecule has 2 unspecified atom stereocenters. The lowest BCUT2D eigenvalue weighted by atomic mass is 9.89. The monoisotopic (exact) mass is 442 g/mol. The maximum atomic E-state index is 14.1. The molecule has 0 radical (unpaired) electrons. The van der Waals surface area contributed by atoms with E-state index in [1.807, 2.05) is 18.2 Å². The zero-order valence-corrected chi connectivity index (χ0v) is 17.8. The number of morpholine rings is 1. The van der Waals surface area contributed by atoms with Crippen LogP contribution in [0, 0.1) is 5.82 Å². The summed E-state index contributed by atoms with van der Waals surface area (Å²) in [5.74, 6) is -1.02. The van der Waals surface area contributed by atoms with Crippen molar-refractivity contribution in [2.24, 2.45) is 0 Å². The van der Waals surface area contributed by atoms with E-state index in [0.29, 0.717) is 5.02 Å². The van der Waals surface area contributed by atoms with Crippen LogP contribution in [0.3, 0.4) is 0 Å². The van der Waals surface area contributed by atoms with Crippen molar-refractivity contribution in [3.05, 3.63) is 76.3 Å². The van der Waals surface area contributed by atoms with Gasteiger partial charge in [0.15, 0.2) is 5.76 Å². The Morgan fingerprint density at radius 1 is 1.16 bits per heavy atom. The fourth-order valence-electron chi connectivity index (χ4n) is 4.14. The van der Waals surface area contributed by atoms with Crippen LogP contribution in [0.25, 0.3) is 6.08 Å². The number of carbonyl (C=O) groups is 2. The van der Waals surface area contributed by atoms with Crippen molar-refractivity contribution in [3.8, 4) is 0 Å². The van der Waals surface area contributed by atoms with Gasteiger partial charge in [-0.05, 0) is 43.0 Å². The van der Waals surface area contributed by atoms with Gasteiger partial charge in [0.1, 0.15) is 18.5 Å². The fourth-order valence-corrected chi connectivity index (χ4v) is 4.34. The highest BCUT2D eigenvalue weighted by molar-refractivity contribution is 6.31. The first kappa shape index (κ1) is 21.4. The van der Waals surface area contributed by atoms with Gasteiger partial charge in [-0.1, -0.05) is 54.4 Å². The molecule has 31 heavy (non-hydrogen) atoms. The van der Waals surface area contributed by atoms with Crippen molar-refractivity contribution in [2.75, 3.05) is 6.54 Å². The molecule has 1 saturated carbocycles. The molecule has 0 aromatic heterocycles. The molecule has 5 nitrogen and oxygen atoms in total. The van der Waals surface area contributed by atoms with Crippen LogP contribution in [0.4, 0.5) is 4.39 Å². The molecule has 1 heterocycles. The number of nitrogens with zero attached hydrogens (tertiary/aromatic N) is 1. The Hall–Kier alpha value is -2.86. The number of amides is 2. The fraction of sp³-hybridized carbons (Fsp3) is 0.333. The van der Waals surface area contributed by atoms with E-state index in [4.69, 9.17) is 16.3 Å². The largest absolute Gasteiger partial charge is 0.482 e. The first-order valence-corrected chi connectivity index (χ1v) is 10.8. The average Bonchev–Trinajstić information content (AvgIpc) is 2.77. The zero-order valence-electron chi connectivity index (χ0n) is 17.0. The molecule has 2 aliphatic rings. The highest BCUT2D eigenvalue weighted by atomic mass is 35.5. The third kappa shape index (κ3) is 4.90. The summed E-state index contributed by atoms with van der Waals surface area (Å²) in [6, 6.07) is 13.3. The van der Waals surface area contributed by atoms with Crippen LogP contribution < -0.4 is 5.32 Å². The minimum Gasteiger partial charge on any atom is -0.482 e. The third-order valence-corrected chi connectivity index (χ3v) is 6.13. The smallest absolute Gasteiger partial charge is 0.289 e. The normalized spacial score (nSPS) is 22.1. The lowest BCUT2D eigenvalue weighted by Gasteiger charge is -2.44. The molecule has 1 aliphatic carbocycles. The number of rotatable bonds is 5. The number of benzene rings is 2. The Kier molecular flexibility index (Phi) is 6.56. The second-order valence-electron chi connectivity index (χ2n) is 7.84. The zero-order chi connectivity index (χ0) is 21.8. The summed E-state index contributed by atoms with van der Waals surface area (Å²) in [6.07, 6.45) is 4.78. The van der Waals surface area contributed by atoms with E-state index in [2.05, 4.69) is 5.32 Å². The SMILES string of the molecule is O=C(CN1C(=O)/C(=C/c2ccccc2F)OC2CCCCC21)NCc1ccccc1Cl. The van der Waals surface area contributed by atoms with Gasteiger partial charge in [0.05, 0.1) is 6.04 Å². The maximum Gasteiger partial charge on any atom is 0.289 e. The molecular formula is C24H24ClFN2O3. The first-order chi connectivity index (χ1) is 15.0. The molecule has 2 fully saturated rings. The number of nitrogens with one attached hydrogen (secondary N) is 1. The Morgan fingerprint density at radius 3 is 2.71 bits per heavy atom. The summed E-state index contributed by atoms with van der Waals surface area (Å²) in [4.78, 5) is 27.4. The molecule has 2 atom stereocenters.